The van der Waals surface area contributed by atoms with Gasteiger partial charge in [0.15, 0.2) is 11.5 Å². The Kier molecular flexibility index (Phi) is 9.73. The number of imidazole rings is 1. The zero-order chi connectivity index (χ0) is 25.9. The lowest BCUT2D eigenvalue weighted by Crippen LogP contribution is -2.44. The number of anilines is 1. The van der Waals surface area contributed by atoms with Crippen LogP contribution in [-0.4, -0.2) is 78.5 Å². The second-order valence-electron chi connectivity index (χ2n) is 9.04. The van der Waals surface area contributed by atoms with Crippen molar-refractivity contribution in [1.29, 1.82) is 0 Å². The monoisotopic (exact) mass is 507 g/mol. The van der Waals surface area contributed by atoms with Crippen LogP contribution in [0.3, 0.4) is 0 Å². The molecule has 1 aromatic carbocycles. The molecule has 2 aromatic heterocycles. The van der Waals surface area contributed by atoms with Crippen molar-refractivity contribution >= 4 is 11.7 Å². The minimum atomic E-state index is -0.180. The smallest absolute Gasteiger partial charge is 0.322 e. The topological polar surface area (TPSA) is 96.8 Å². The highest BCUT2D eigenvalue weighted by Gasteiger charge is 2.19. The van der Waals surface area contributed by atoms with E-state index in [-0.39, 0.29) is 6.03 Å². The number of benzene rings is 1. The molecule has 0 unspecified atom stereocenters. The van der Waals surface area contributed by atoms with Crippen LogP contribution in [0.2, 0.25) is 0 Å². The minimum Gasteiger partial charge on any atom is -0.493 e. The number of ether oxygens (including phenoxy) is 2. The molecule has 0 aliphatic carbocycles. The lowest BCUT2D eigenvalue weighted by molar-refractivity contribution is 0.188. The van der Waals surface area contributed by atoms with E-state index >= 15 is 0 Å². The molecule has 2 N–H and O–H groups in total. The molecular weight excluding hydrogens is 470 g/mol. The molecule has 0 spiro atoms. The molecule has 10 nitrogen and oxygen atoms in total. The van der Waals surface area contributed by atoms with Gasteiger partial charge in [-0.1, -0.05) is 6.07 Å². The maximum atomic E-state index is 13.3. The molecule has 1 aliphatic rings. The van der Waals surface area contributed by atoms with Crippen molar-refractivity contribution in [2.75, 3.05) is 57.9 Å². The highest BCUT2D eigenvalue weighted by atomic mass is 16.5. The van der Waals surface area contributed by atoms with Crippen molar-refractivity contribution in [3.05, 3.63) is 66.5 Å². The largest absolute Gasteiger partial charge is 0.493 e. The number of nitrogens with zero attached hydrogens (tertiary/aromatic N) is 5. The first kappa shape index (κ1) is 26.4. The van der Waals surface area contributed by atoms with Gasteiger partial charge in [-0.25, -0.2) is 9.78 Å². The Balaban J connectivity index is 1.41. The third kappa shape index (κ3) is 7.68. The van der Waals surface area contributed by atoms with Gasteiger partial charge in [-0.05, 0) is 37.1 Å². The molecule has 4 rings (SSSR count). The van der Waals surface area contributed by atoms with E-state index in [0.717, 1.165) is 62.6 Å². The molecule has 3 heterocycles. The van der Waals surface area contributed by atoms with Gasteiger partial charge in [0, 0.05) is 81.9 Å². The fourth-order valence-electron chi connectivity index (χ4n) is 4.28. The van der Waals surface area contributed by atoms with Gasteiger partial charge >= 0.3 is 6.03 Å². The van der Waals surface area contributed by atoms with Crippen molar-refractivity contribution in [1.82, 2.24) is 30.1 Å². The minimum absolute atomic E-state index is 0.180. The van der Waals surface area contributed by atoms with Crippen LogP contribution < -0.4 is 25.0 Å². The van der Waals surface area contributed by atoms with Crippen LogP contribution in [0.4, 0.5) is 10.5 Å². The molecule has 0 bridgehead atoms. The zero-order valence-corrected chi connectivity index (χ0v) is 21.7. The molecular formula is C27H37N7O3. The first-order chi connectivity index (χ1) is 18.1. The van der Waals surface area contributed by atoms with Gasteiger partial charge in [0.25, 0.3) is 0 Å². The van der Waals surface area contributed by atoms with Gasteiger partial charge < -0.3 is 24.7 Å². The Morgan fingerprint density at radius 3 is 2.73 bits per heavy atom. The van der Waals surface area contributed by atoms with E-state index in [0.29, 0.717) is 31.2 Å². The molecule has 1 saturated heterocycles. The van der Waals surface area contributed by atoms with Crippen LogP contribution in [0, 0.1) is 6.92 Å². The summed E-state index contributed by atoms with van der Waals surface area (Å²) in [4.78, 5) is 25.7. The maximum absolute atomic E-state index is 13.3. The number of methoxy groups -OCH3 is 1. The first-order valence-electron chi connectivity index (χ1n) is 12.8. The number of urea groups is 1. The van der Waals surface area contributed by atoms with Gasteiger partial charge in [0.2, 0.25) is 0 Å². The van der Waals surface area contributed by atoms with Crippen LogP contribution in [0.15, 0.2) is 55.2 Å². The molecule has 1 fully saturated rings. The van der Waals surface area contributed by atoms with E-state index in [2.05, 4.69) is 30.1 Å². The predicted molar refractivity (Wildman–Crippen MR) is 143 cm³/mol. The molecule has 3 aromatic rings. The number of pyridine rings is 1. The van der Waals surface area contributed by atoms with E-state index < -0.39 is 0 Å². The molecule has 1 aliphatic heterocycles. The van der Waals surface area contributed by atoms with E-state index in [9.17, 15) is 4.79 Å². The lowest BCUT2D eigenvalue weighted by atomic mass is 10.2. The number of nitrogens with one attached hydrogen (secondary N) is 2. The van der Waals surface area contributed by atoms with Crippen LogP contribution in [-0.2, 0) is 13.1 Å². The van der Waals surface area contributed by atoms with E-state index in [1.165, 1.54) is 0 Å². The summed E-state index contributed by atoms with van der Waals surface area (Å²) in [5, 5.41) is 6.42. The summed E-state index contributed by atoms with van der Waals surface area (Å²) in [6.07, 6.45) is 7.94. The number of hydrogen-bond acceptors (Lipinski definition) is 7. The van der Waals surface area contributed by atoms with Crippen molar-refractivity contribution in [3.63, 3.8) is 0 Å². The molecule has 2 amide bonds. The molecule has 37 heavy (non-hydrogen) atoms. The van der Waals surface area contributed by atoms with E-state index in [4.69, 9.17) is 9.47 Å². The van der Waals surface area contributed by atoms with Crippen molar-refractivity contribution in [2.45, 2.75) is 26.4 Å². The van der Waals surface area contributed by atoms with Gasteiger partial charge in [-0.15, -0.1) is 0 Å². The van der Waals surface area contributed by atoms with Crippen LogP contribution in [0.5, 0.6) is 11.5 Å². The second kappa shape index (κ2) is 13.6. The molecule has 0 atom stereocenters. The van der Waals surface area contributed by atoms with Crippen molar-refractivity contribution < 1.29 is 14.3 Å². The molecule has 0 radical (unpaired) electrons. The summed E-state index contributed by atoms with van der Waals surface area (Å²) in [5.74, 6) is 1.26. The number of carbonyl (C=O) groups excluding carboxylic acids is 1. The Morgan fingerprint density at radius 1 is 1.14 bits per heavy atom. The predicted octanol–water partition coefficient (Wildman–Crippen LogP) is 2.69. The summed E-state index contributed by atoms with van der Waals surface area (Å²) >= 11 is 0. The number of piperazine rings is 1. The molecule has 10 heteroatoms. The third-order valence-corrected chi connectivity index (χ3v) is 6.41. The van der Waals surface area contributed by atoms with Gasteiger partial charge in [0.05, 0.1) is 20.0 Å². The average molecular weight is 508 g/mol. The third-order valence-electron chi connectivity index (χ3n) is 6.41. The fourth-order valence-corrected chi connectivity index (χ4v) is 4.28. The zero-order valence-electron chi connectivity index (χ0n) is 21.7. The number of hydrogen-bond donors (Lipinski definition) is 2. The standard InChI is InChI=1S/C27H37N7O3/c1-22-18-30-21-33(22)12-4-9-31-27(35)34(20-23-5-3-8-29-19-23)24-6-7-25(26(17-24)36-2)37-16-15-32-13-10-28-11-14-32/h3,5-8,17-19,21,28H,4,9-16,20H2,1-2H3,(H,31,35). The highest BCUT2D eigenvalue weighted by Crippen LogP contribution is 2.32. The van der Waals surface area contributed by atoms with Crippen molar-refractivity contribution in [2.24, 2.45) is 0 Å². The fraction of sp³-hybridized carbons (Fsp3) is 0.444. The van der Waals surface area contributed by atoms with Gasteiger partial charge in [0.1, 0.15) is 6.61 Å². The number of amides is 2. The quantitative estimate of drug-likeness (QED) is 0.364. The number of rotatable bonds is 12. The Labute approximate surface area is 218 Å². The molecule has 0 saturated carbocycles. The lowest BCUT2D eigenvalue weighted by Gasteiger charge is -2.27. The number of aromatic nitrogens is 3. The first-order valence-corrected chi connectivity index (χ1v) is 12.8. The highest BCUT2D eigenvalue weighted by molar-refractivity contribution is 5.92. The maximum Gasteiger partial charge on any atom is 0.322 e. The summed E-state index contributed by atoms with van der Waals surface area (Å²) < 4.78 is 13.8. The summed E-state index contributed by atoms with van der Waals surface area (Å²) in [5.41, 5.74) is 2.76. The van der Waals surface area contributed by atoms with Crippen LogP contribution in [0.25, 0.3) is 0 Å². The number of carbonyl (C=O) groups is 1. The number of aryl methyl sites for hydroxylation is 2. The van der Waals surface area contributed by atoms with E-state index in [1.807, 2.05) is 49.8 Å². The SMILES string of the molecule is COc1cc(N(Cc2cccnc2)C(=O)NCCCn2cncc2C)ccc1OCCN1CCNCC1. The van der Waals surface area contributed by atoms with Crippen LogP contribution in [0.1, 0.15) is 17.7 Å². The van der Waals surface area contributed by atoms with Gasteiger partial charge in [-0.3, -0.25) is 14.8 Å². The Bertz CT molecular complexity index is 1120. The average Bonchev–Trinajstić information content (AvgIpc) is 3.35. The summed E-state index contributed by atoms with van der Waals surface area (Å²) in [6.45, 7) is 9.25. The van der Waals surface area contributed by atoms with Gasteiger partial charge in [-0.2, -0.15) is 0 Å². The summed E-state index contributed by atoms with van der Waals surface area (Å²) in [7, 11) is 1.62. The van der Waals surface area contributed by atoms with E-state index in [1.54, 1.807) is 24.4 Å². The Morgan fingerprint density at radius 2 is 2.00 bits per heavy atom. The Hall–Kier alpha value is -3.63. The summed E-state index contributed by atoms with van der Waals surface area (Å²) in [6, 6.07) is 9.27. The van der Waals surface area contributed by atoms with Crippen LogP contribution >= 0.6 is 0 Å². The second-order valence-corrected chi connectivity index (χ2v) is 9.04. The normalized spacial score (nSPS) is 13.8. The van der Waals surface area contributed by atoms with Crippen molar-refractivity contribution in [3.8, 4) is 11.5 Å². The molecule has 198 valence electrons.